The normalized spacial score (nSPS) is 39.2. The summed E-state index contributed by atoms with van der Waals surface area (Å²) in [6, 6.07) is 0.697. The number of aliphatic hydroxyl groups is 1. The van der Waals surface area contributed by atoms with Crippen molar-refractivity contribution in [1.82, 2.24) is 5.32 Å². The van der Waals surface area contributed by atoms with Crippen molar-refractivity contribution in [2.75, 3.05) is 20.3 Å². The average Bonchev–Trinajstić information content (AvgIpc) is 2.79. The Morgan fingerprint density at radius 1 is 1.39 bits per heavy atom. The minimum atomic E-state index is 0.172. The third-order valence-corrected chi connectivity index (χ3v) is 5.56. The van der Waals surface area contributed by atoms with Crippen LogP contribution in [0.3, 0.4) is 0 Å². The second-order valence-corrected chi connectivity index (χ2v) is 7.18. The molecule has 0 aromatic rings. The molecule has 3 nitrogen and oxygen atoms in total. The van der Waals surface area contributed by atoms with Gasteiger partial charge in [0, 0.05) is 25.8 Å². The molecule has 2 fully saturated rings. The van der Waals surface area contributed by atoms with Gasteiger partial charge in [-0.05, 0) is 42.4 Å². The first-order chi connectivity index (χ1) is 8.44. The van der Waals surface area contributed by atoms with E-state index in [1.165, 1.54) is 19.3 Å². The highest BCUT2D eigenvalue weighted by atomic mass is 16.5. The molecule has 0 spiro atoms. The molecule has 106 valence electrons. The molecule has 2 rings (SSSR count). The van der Waals surface area contributed by atoms with Gasteiger partial charge in [-0.25, -0.2) is 0 Å². The molecule has 4 unspecified atom stereocenters. The number of fused-ring (bicyclic) bond motifs is 2. The van der Waals surface area contributed by atoms with E-state index >= 15 is 0 Å². The Balaban J connectivity index is 2.03. The van der Waals surface area contributed by atoms with Crippen LogP contribution in [0, 0.1) is 16.7 Å². The molecule has 0 aliphatic heterocycles. The lowest BCUT2D eigenvalue weighted by molar-refractivity contribution is 0.0768. The number of rotatable bonds is 6. The molecule has 0 heterocycles. The van der Waals surface area contributed by atoms with Crippen molar-refractivity contribution in [3.63, 3.8) is 0 Å². The molecule has 4 atom stereocenters. The van der Waals surface area contributed by atoms with Gasteiger partial charge in [-0.15, -0.1) is 0 Å². The van der Waals surface area contributed by atoms with Crippen molar-refractivity contribution >= 4 is 0 Å². The van der Waals surface area contributed by atoms with Crippen molar-refractivity contribution in [3.8, 4) is 0 Å². The van der Waals surface area contributed by atoms with E-state index in [1.54, 1.807) is 7.11 Å². The van der Waals surface area contributed by atoms with Crippen LogP contribution in [0.5, 0.6) is 0 Å². The fourth-order valence-corrected chi connectivity index (χ4v) is 4.44. The lowest BCUT2D eigenvalue weighted by Crippen LogP contribution is -2.54. The van der Waals surface area contributed by atoms with Crippen LogP contribution in [0.15, 0.2) is 0 Å². The first-order valence-corrected chi connectivity index (χ1v) is 7.30. The van der Waals surface area contributed by atoms with Crippen molar-refractivity contribution < 1.29 is 9.84 Å². The van der Waals surface area contributed by atoms with Crippen molar-refractivity contribution in [1.29, 1.82) is 0 Å². The van der Waals surface area contributed by atoms with Crippen LogP contribution < -0.4 is 5.32 Å². The Morgan fingerprint density at radius 2 is 2.11 bits per heavy atom. The smallest absolute Gasteiger partial charge is 0.0585 e. The maximum atomic E-state index is 9.52. The first kappa shape index (κ1) is 14.3. The average molecular weight is 255 g/mol. The van der Waals surface area contributed by atoms with Crippen molar-refractivity contribution in [2.24, 2.45) is 16.7 Å². The molecule has 2 N–H and O–H groups in total. The van der Waals surface area contributed by atoms with Crippen molar-refractivity contribution in [3.05, 3.63) is 0 Å². The third-order valence-electron chi connectivity index (χ3n) is 5.56. The molecule has 2 aliphatic carbocycles. The van der Waals surface area contributed by atoms with Crippen LogP contribution >= 0.6 is 0 Å². The summed E-state index contributed by atoms with van der Waals surface area (Å²) < 4.78 is 5.13. The van der Waals surface area contributed by atoms with E-state index in [1.807, 2.05) is 0 Å². The molecule has 0 amide bonds. The number of hydrogen-bond donors (Lipinski definition) is 2. The zero-order valence-corrected chi connectivity index (χ0v) is 12.3. The molecule has 2 aliphatic rings. The van der Waals surface area contributed by atoms with Crippen LogP contribution in [0.25, 0.3) is 0 Å². The van der Waals surface area contributed by atoms with Gasteiger partial charge in [0.2, 0.25) is 0 Å². The van der Waals surface area contributed by atoms with Gasteiger partial charge in [0.1, 0.15) is 0 Å². The summed E-state index contributed by atoms with van der Waals surface area (Å²) in [4.78, 5) is 0. The lowest BCUT2D eigenvalue weighted by Gasteiger charge is -2.45. The predicted molar refractivity (Wildman–Crippen MR) is 73.5 cm³/mol. The SMILES string of the molecule is COCCC(CO)NC1C2(C)CCC(C2)C1(C)C. The third kappa shape index (κ3) is 2.33. The molecular formula is C15H29NO2. The maximum absolute atomic E-state index is 9.52. The van der Waals surface area contributed by atoms with Crippen LogP contribution in [-0.4, -0.2) is 37.5 Å². The van der Waals surface area contributed by atoms with E-state index in [9.17, 15) is 5.11 Å². The minimum absolute atomic E-state index is 0.172. The minimum Gasteiger partial charge on any atom is -0.395 e. The van der Waals surface area contributed by atoms with E-state index in [4.69, 9.17) is 4.74 Å². The predicted octanol–water partition coefficient (Wildman–Crippen LogP) is 2.19. The summed E-state index contributed by atoms with van der Waals surface area (Å²) in [5, 5.41) is 13.3. The number of aliphatic hydroxyl groups excluding tert-OH is 1. The van der Waals surface area contributed by atoms with Crippen LogP contribution in [0.4, 0.5) is 0 Å². The van der Waals surface area contributed by atoms with Gasteiger partial charge >= 0.3 is 0 Å². The Morgan fingerprint density at radius 3 is 2.61 bits per heavy atom. The number of methoxy groups -OCH3 is 1. The summed E-state index contributed by atoms with van der Waals surface area (Å²) in [5.41, 5.74) is 0.780. The largest absolute Gasteiger partial charge is 0.395 e. The molecule has 2 bridgehead atoms. The topological polar surface area (TPSA) is 41.5 Å². The standard InChI is InChI=1S/C15H29NO2/c1-14(2)11-5-7-15(3,9-11)13(14)16-12(10-17)6-8-18-4/h11-13,16-17H,5-10H2,1-4H3. The Kier molecular flexibility index (Phi) is 4.05. The molecular weight excluding hydrogens is 226 g/mol. The highest BCUT2D eigenvalue weighted by Crippen LogP contribution is 2.62. The monoisotopic (exact) mass is 255 g/mol. The second kappa shape index (κ2) is 5.10. The van der Waals surface area contributed by atoms with Gasteiger partial charge in [0.15, 0.2) is 0 Å². The molecule has 0 radical (unpaired) electrons. The zero-order chi connectivity index (χ0) is 13.4. The molecule has 0 saturated heterocycles. The van der Waals surface area contributed by atoms with Crippen LogP contribution in [0.2, 0.25) is 0 Å². The number of nitrogens with one attached hydrogen (secondary N) is 1. The van der Waals surface area contributed by atoms with Gasteiger partial charge < -0.3 is 15.2 Å². The van der Waals surface area contributed by atoms with E-state index in [0.717, 1.165) is 12.3 Å². The molecule has 2 saturated carbocycles. The van der Waals surface area contributed by atoms with Crippen LogP contribution in [-0.2, 0) is 4.74 Å². The van der Waals surface area contributed by atoms with Gasteiger partial charge in [-0.1, -0.05) is 20.8 Å². The summed E-state index contributed by atoms with van der Waals surface area (Å²) in [6.07, 6.45) is 4.95. The summed E-state index contributed by atoms with van der Waals surface area (Å²) in [6.45, 7) is 8.13. The highest BCUT2D eigenvalue weighted by molar-refractivity contribution is 5.12. The molecule has 0 aromatic carbocycles. The lowest BCUT2D eigenvalue weighted by atomic mass is 9.68. The summed E-state index contributed by atoms with van der Waals surface area (Å²) in [5.74, 6) is 0.849. The highest BCUT2D eigenvalue weighted by Gasteiger charge is 2.59. The Bertz CT molecular complexity index is 287. The summed E-state index contributed by atoms with van der Waals surface area (Å²) in [7, 11) is 1.72. The zero-order valence-electron chi connectivity index (χ0n) is 12.3. The second-order valence-electron chi connectivity index (χ2n) is 7.18. The Hall–Kier alpha value is -0.120. The van der Waals surface area contributed by atoms with Gasteiger partial charge in [-0.3, -0.25) is 0 Å². The fourth-order valence-electron chi connectivity index (χ4n) is 4.44. The van der Waals surface area contributed by atoms with Crippen molar-refractivity contribution in [2.45, 2.75) is 58.5 Å². The Labute approximate surface area is 111 Å². The molecule has 18 heavy (non-hydrogen) atoms. The maximum Gasteiger partial charge on any atom is 0.0585 e. The first-order valence-electron chi connectivity index (χ1n) is 7.30. The molecule has 3 heteroatoms. The number of hydrogen-bond acceptors (Lipinski definition) is 3. The van der Waals surface area contributed by atoms with Gasteiger partial charge in [-0.2, -0.15) is 0 Å². The fraction of sp³-hybridized carbons (Fsp3) is 1.00. The van der Waals surface area contributed by atoms with Gasteiger partial charge in [0.05, 0.1) is 6.61 Å². The quantitative estimate of drug-likeness (QED) is 0.764. The van der Waals surface area contributed by atoms with E-state index < -0.39 is 0 Å². The molecule has 0 aromatic heterocycles. The van der Waals surface area contributed by atoms with Gasteiger partial charge in [0.25, 0.3) is 0 Å². The van der Waals surface area contributed by atoms with E-state index in [2.05, 4.69) is 26.1 Å². The summed E-state index contributed by atoms with van der Waals surface area (Å²) >= 11 is 0. The van der Waals surface area contributed by atoms with E-state index in [-0.39, 0.29) is 12.6 Å². The number of ether oxygens (including phenoxy) is 1. The van der Waals surface area contributed by atoms with E-state index in [0.29, 0.717) is 23.5 Å². The van der Waals surface area contributed by atoms with Crippen LogP contribution in [0.1, 0.15) is 46.5 Å².